The number of methoxy groups -OCH3 is 1. The van der Waals surface area contributed by atoms with Gasteiger partial charge in [-0.25, -0.2) is 0 Å². The van der Waals surface area contributed by atoms with Gasteiger partial charge >= 0.3 is 0 Å². The summed E-state index contributed by atoms with van der Waals surface area (Å²) in [6.45, 7) is 1.49. The van der Waals surface area contributed by atoms with Gasteiger partial charge in [-0.05, 0) is 37.0 Å². The molecule has 5 nitrogen and oxygen atoms in total. The normalized spacial score (nSPS) is 23.3. The summed E-state index contributed by atoms with van der Waals surface area (Å²) >= 11 is 0. The number of aromatic nitrogens is 2. The lowest BCUT2D eigenvalue weighted by atomic mass is 9.78. The first kappa shape index (κ1) is 14.7. The van der Waals surface area contributed by atoms with E-state index in [9.17, 15) is 0 Å². The molecule has 23 heavy (non-hydrogen) atoms. The lowest BCUT2D eigenvalue weighted by Gasteiger charge is -2.25. The Balaban J connectivity index is 1.69. The number of hydrogen-bond donors (Lipinski definition) is 0. The van der Waals surface area contributed by atoms with Gasteiger partial charge in [-0.3, -0.25) is 0 Å². The van der Waals surface area contributed by atoms with Crippen LogP contribution in [-0.4, -0.2) is 30.5 Å². The van der Waals surface area contributed by atoms with Crippen molar-refractivity contribution in [2.45, 2.75) is 43.4 Å². The Kier molecular flexibility index (Phi) is 3.81. The van der Waals surface area contributed by atoms with Crippen LogP contribution in [0.2, 0.25) is 0 Å². The van der Waals surface area contributed by atoms with Crippen molar-refractivity contribution < 1.29 is 14.0 Å². The Morgan fingerprint density at radius 2 is 1.96 bits per heavy atom. The highest BCUT2D eigenvalue weighted by Gasteiger charge is 2.43. The fourth-order valence-electron chi connectivity index (χ4n) is 3.85. The van der Waals surface area contributed by atoms with Gasteiger partial charge in [-0.1, -0.05) is 30.1 Å². The van der Waals surface area contributed by atoms with Crippen LogP contribution in [0.5, 0.6) is 5.75 Å². The van der Waals surface area contributed by atoms with Crippen molar-refractivity contribution in [3.63, 3.8) is 0 Å². The topological polar surface area (TPSA) is 57.4 Å². The second-order valence-electron chi connectivity index (χ2n) is 6.54. The zero-order valence-electron chi connectivity index (χ0n) is 13.5. The van der Waals surface area contributed by atoms with Gasteiger partial charge in [0.25, 0.3) is 0 Å². The van der Waals surface area contributed by atoms with E-state index in [1.165, 1.54) is 18.4 Å². The molecule has 1 aliphatic carbocycles. The van der Waals surface area contributed by atoms with Crippen LogP contribution in [-0.2, 0) is 10.2 Å². The maximum Gasteiger partial charge on any atom is 0.237 e. The lowest BCUT2D eigenvalue weighted by molar-refractivity contribution is 0.192. The van der Waals surface area contributed by atoms with Crippen LogP contribution in [0.1, 0.15) is 55.3 Å². The minimum Gasteiger partial charge on any atom is -0.497 e. The van der Waals surface area contributed by atoms with Gasteiger partial charge in [0.15, 0.2) is 5.82 Å². The van der Waals surface area contributed by atoms with Gasteiger partial charge < -0.3 is 14.0 Å². The molecule has 0 amide bonds. The Morgan fingerprint density at radius 3 is 2.61 bits per heavy atom. The quantitative estimate of drug-likeness (QED) is 0.865. The van der Waals surface area contributed by atoms with E-state index >= 15 is 0 Å². The molecule has 0 radical (unpaired) electrons. The van der Waals surface area contributed by atoms with E-state index in [0.29, 0.717) is 6.61 Å². The average Bonchev–Trinajstić information content (AvgIpc) is 3.34. The first-order chi connectivity index (χ1) is 11.3. The molecule has 122 valence electrons. The maximum atomic E-state index is 5.73. The summed E-state index contributed by atoms with van der Waals surface area (Å²) in [5.41, 5.74) is 1.10. The van der Waals surface area contributed by atoms with Crippen molar-refractivity contribution in [2.24, 2.45) is 0 Å². The van der Waals surface area contributed by atoms with E-state index in [2.05, 4.69) is 17.3 Å². The SMILES string of the molecule is COc1ccc(C2(c3nc([C@@H]4CCOC4)no3)CCCC2)cc1. The van der Waals surface area contributed by atoms with Crippen molar-refractivity contribution in [2.75, 3.05) is 20.3 Å². The fraction of sp³-hybridized carbons (Fsp3) is 0.556. The third-order valence-electron chi connectivity index (χ3n) is 5.25. The standard InChI is InChI=1S/C18H22N2O3/c1-21-15-6-4-14(5-7-15)18(9-2-3-10-18)17-19-16(20-23-17)13-8-11-22-12-13/h4-7,13H,2-3,8-12H2,1H3/t13-/m1/s1. The van der Waals surface area contributed by atoms with Gasteiger partial charge in [0.05, 0.1) is 19.1 Å². The third kappa shape index (κ3) is 2.53. The van der Waals surface area contributed by atoms with E-state index < -0.39 is 0 Å². The van der Waals surface area contributed by atoms with Gasteiger partial charge in [0, 0.05) is 12.5 Å². The highest BCUT2D eigenvalue weighted by atomic mass is 16.5. The van der Waals surface area contributed by atoms with Gasteiger partial charge in [0.2, 0.25) is 5.89 Å². The predicted molar refractivity (Wildman–Crippen MR) is 84.7 cm³/mol. The predicted octanol–water partition coefficient (Wildman–Crippen LogP) is 3.44. The van der Waals surface area contributed by atoms with Crippen molar-refractivity contribution in [1.82, 2.24) is 10.1 Å². The van der Waals surface area contributed by atoms with Crippen molar-refractivity contribution >= 4 is 0 Å². The molecule has 2 heterocycles. The molecule has 0 spiro atoms. The highest BCUT2D eigenvalue weighted by molar-refractivity contribution is 5.37. The number of hydrogen-bond acceptors (Lipinski definition) is 5. The Morgan fingerprint density at radius 1 is 1.17 bits per heavy atom. The number of nitrogens with zero attached hydrogens (tertiary/aromatic N) is 2. The van der Waals surface area contributed by atoms with Crippen LogP contribution in [0, 0.1) is 0 Å². The zero-order valence-corrected chi connectivity index (χ0v) is 13.5. The molecule has 0 bridgehead atoms. The molecule has 0 N–H and O–H groups in total. The average molecular weight is 314 g/mol. The molecule has 0 unspecified atom stereocenters. The monoisotopic (exact) mass is 314 g/mol. The Hall–Kier alpha value is -1.88. The molecule has 2 aromatic rings. The molecule has 1 atom stereocenters. The summed E-state index contributed by atoms with van der Waals surface area (Å²) in [5, 5.41) is 4.26. The summed E-state index contributed by atoms with van der Waals surface area (Å²) in [6.07, 6.45) is 5.48. The summed E-state index contributed by atoms with van der Waals surface area (Å²) < 4.78 is 16.5. The Labute approximate surface area is 136 Å². The fourth-order valence-corrected chi connectivity index (χ4v) is 3.85. The molecule has 1 saturated heterocycles. The van der Waals surface area contributed by atoms with E-state index in [0.717, 1.165) is 43.3 Å². The molecule has 1 saturated carbocycles. The molecular formula is C18H22N2O3. The van der Waals surface area contributed by atoms with E-state index in [1.807, 2.05) is 12.1 Å². The van der Waals surface area contributed by atoms with Crippen molar-refractivity contribution in [3.8, 4) is 5.75 Å². The first-order valence-electron chi connectivity index (χ1n) is 8.38. The van der Waals surface area contributed by atoms with Crippen LogP contribution in [0.4, 0.5) is 0 Å². The minimum absolute atomic E-state index is 0.142. The van der Waals surface area contributed by atoms with Gasteiger partial charge in [-0.2, -0.15) is 4.98 Å². The second kappa shape index (κ2) is 5.96. The number of rotatable bonds is 4. The highest BCUT2D eigenvalue weighted by Crippen LogP contribution is 2.46. The third-order valence-corrected chi connectivity index (χ3v) is 5.25. The lowest BCUT2D eigenvalue weighted by Crippen LogP contribution is -2.24. The van der Waals surface area contributed by atoms with E-state index in [4.69, 9.17) is 19.0 Å². The molecular weight excluding hydrogens is 292 g/mol. The van der Waals surface area contributed by atoms with Crippen LogP contribution in [0.3, 0.4) is 0 Å². The molecule has 1 aromatic carbocycles. The molecule has 4 rings (SSSR count). The summed E-state index contributed by atoms with van der Waals surface area (Å²) in [4.78, 5) is 4.78. The first-order valence-corrected chi connectivity index (χ1v) is 8.38. The van der Waals surface area contributed by atoms with Crippen molar-refractivity contribution in [3.05, 3.63) is 41.5 Å². The van der Waals surface area contributed by atoms with E-state index in [1.54, 1.807) is 7.11 Å². The number of ether oxygens (including phenoxy) is 2. The van der Waals surface area contributed by atoms with Crippen LogP contribution in [0.15, 0.2) is 28.8 Å². The molecule has 1 aliphatic heterocycles. The van der Waals surface area contributed by atoms with E-state index in [-0.39, 0.29) is 11.3 Å². The molecule has 2 aliphatic rings. The minimum atomic E-state index is -0.142. The largest absolute Gasteiger partial charge is 0.497 e. The molecule has 2 fully saturated rings. The molecule has 5 heteroatoms. The van der Waals surface area contributed by atoms with Gasteiger partial charge in [-0.15, -0.1) is 0 Å². The Bertz CT molecular complexity index is 653. The summed E-state index contributed by atoms with van der Waals surface area (Å²) in [7, 11) is 1.69. The van der Waals surface area contributed by atoms with Gasteiger partial charge in [0.1, 0.15) is 5.75 Å². The molecule has 1 aromatic heterocycles. The van der Waals surface area contributed by atoms with Crippen molar-refractivity contribution in [1.29, 1.82) is 0 Å². The zero-order chi connectivity index (χ0) is 15.7. The smallest absolute Gasteiger partial charge is 0.237 e. The second-order valence-corrected chi connectivity index (χ2v) is 6.54. The maximum absolute atomic E-state index is 5.73. The van der Waals surface area contributed by atoms with Crippen LogP contribution < -0.4 is 4.74 Å². The summed E-state index contributed by atoms with van der Waals surface area (Å²) in [5.74, 6) is 2.72. The summed E-state index contributed by atoms with van der Waals surface area (Å²) in [6, 6.07) is 8.29. The number of benzene rings is 1. The van der Waals surface area contributed by atoms with Crippen LogP contribution >= 0.6 is 0 Å². The van der Waals surface area contributed by atoms with Crippen LogP contribution in [0.25, 0.3) is 0 Å².